The highest BCUT2D eigenvalue weighted by atomic mass is 79.9. The third-order valence-electron chi connectivity index (χ3n) is 3.24. The maximum Gasteiger partial charge on any atom is 0.224 e. The van der Waals surface area contributed by atoms with E-state index in [0.29, 0.717) is 38.6 Å². The average Bonchev–Trinajstić information content (AvgIpc) is 2.55. The number of hydrogen-bond donors (Lipinski definition) is 2. The van der Waals surface area contributed by atoms with Crippen LogP contribution in [0.15, 0.2) is 33.7 Å². The normalized spacial score (nSPS) is 11.2. The van der Waals surface area contributed by atoms with E-state index in [1.165, 1.54) is 0 Å². The fourth-order valence-corrected chi connectivity index (χ4v) is 2.35. The van der Waals surface area contributed by atoms with E-state index in [-0.39, 0.29) is 5.91 Å². The van der Waals surface area contributed by atoms with Gasteiger partial charge in [0.1, 0.15) is 0 Å². The van der Waals surface area contributed by atoms with Gasteiger partial charge in [0.2, 0.25) is 5.91 Å². The van der Waals surface area contributed by atoms with Crippen LogP contribution < -0.4 is 10.6 Å². The first-order chi connectivity index (χ1) is 11.1. The van der Waals surface area contributed by atoms with E-state index in [1.54, 1.807) is 19.1 Å². The minimum atomic E-state index is 0.0839. The highest BCUT2D eigenvalue weighted by molar-refractivity contribution is 9.10. The summed E-state index contributed by atoms with van der Waals surface area (Å²) in [5.74, 6) is 0.754. The van der Waals surface area contributed by atoms with Crippen molar-refractivity contribution >= 4 is 27.8 Å². The zero-order valence-electron chi connectivity index (χ0n) is 13.9. The van der Waals surface area contributed by atoms with Crippen LogP contribution >= 0.6 is 15.9 Å². The van der Waals surface area contributed by atoms with E-state index < -0.39 is 0 Å². The Hall–Kier alpha value is -1.60. The Kier molecular flexibility index (Phi) is 9.31. The molecule has 0 bridgehead atoms. The Labute approximate surface area is 146 Å². The molecule has 7 heteroatoms. The number of aliphatic imine (C=N–C) groups is 1. The van der Waals surface area contributed by atoms with Crippen molar-refractivity contribution in [3.8, 4) is 0 Å². The van der Waals surface area contributed by atoms with Gasteiger partial charge in [-0.1, -0.05) is 34.1 Å². The highest BCUT2D eigenvalue weighted by Crippen LogP contribution is 2.17. The molecule has 0 aliphatic carbocycles. The molecule has 0 atom stereocenters. The Morgan fingerprint density at radius 1 is 1.30 bits per heavy atom. The Morgan fingerprint density at radius 3 is 2.65 bits per heavy atom. The van der Waals surface area contributed by atoms with Crippen LogP contribution in [0.25, 0.3) is 0 Å². The van der Waals surface area contributed by atoms with E-state index in [9.17, 15) is 4.79 Å². The average molecular weight is 385 g/mol. The molecule has 0 spiro atoms. The van der Waals surface area contributed by atoms with Gasteiger partial charge in [-0.2, -0.15) is 0 Å². The maximum atomic E-state index is 12.2. The summed E-state index contributed by atoms with van der Waals surface area (Å²) in [7, 11) is 5.16. The lowest BCUT2D eigenvalue weighted by Gasteiger charge is -2.19. The van der Waals surface area contributed by atoms with Crippen LogP contribution in [0.1, 0.15) is 12.0 Å². The fraction of sp³-hybridized carbons (Fsp3) is 0.500. The molecule has 1 aromatic rings. The number of halogens is 1. The third-order valence-corrected chi connectivity index (χ3v) is 4.02. The summed E-state index contributed by atoms with van der Waals surface area (Å²) in [5.41, 5.74) is 1.09. The predicted octanol–water partition coefficient (Wildman–Crippen LogP) is 1.61. The van der Waals surface area contributed by atoms with E-state index in [2.05, 4.69) is 31.6 Å². The molecule has 0 saturated carbocycles. The number of rotatable bonds is 8. The number of nitrogens with one attached hydrogen (secondary N) is 2. The lowest BCUT2D eigenvalue weighted by molar-refractivity contribution is -0.130. The summed E-state index contributed by atoms with van der Waals surface area (Å²) in [6, 6.07) is 7.91. The van der Waals surface area contributed by atoms with E-state index in [4.69, 9.17) is 4.74 Å². The monoisotopic (exact) mass is 384 g/mol. The number of carbonyl (C=O) groups excluding carboxylic acids is 1. The molecule has 0 unspecified atom stereocenters. The summed E-state index contributed by atoms with van der Waals surface area (Å²) >= 11 is 3.50. The summed E-state index contributed by atoms with van der Waals surface area (Å²) in [6.07, 6.45) is 0.409. The molecule has 0 saturated heterocycles. The SMILES string of the molecule is CN=C(NCCOC)NCCC(=O)N(C)Cc1ccccc1Br. The summed E-state index contributed by atoms with van der Waals surface area (Å²) in [5, 5.41) is 6.22. The van der Waals surface area contributed by atoms with Gasteiger partial charge in [-0.25, -0.2) is 0 Å². The molecule has 0 aromatic heterocycles. The van der Waals surface area contributed by atoms with Crippen molar-refractivity contribution in [1.29, 1.82) is 0 Å². The third kappa shape index (κ3) is 7.47. The second-order valence-corrected chi connectivity index (χ2v) is 5.86. The van der Waals surface area contributed by atoms with E-state index in [0.717, 1.165) is 10.0 Å². The number of amides is 1. The van der Waals surface area contributed by atoms with Crippen molar-refractivity contribution in [3.05, 3.63) is 34.3 Å². The van der Waals surface area contributed by atoms with Crippen LogP contribution in [-0.4, -0.2) is 57.7 Å². The highest BCUT2D eigenvalue weighted by Gasteiger charge is 2.10. The minimum absolute atomic E-state index is 0.0839. The molecule has 1 rings (SSSR count). The van der Waals surface area contributed by atoms with Crippen LogP contribution in [0.5, 0.6) is 0 Å². The number of nitrogens with zero attached hydrogens (tertiary/aromatic N) is 2. The predicted molar refractivity (Wildman–Crippen MR) is 96.5 cm³/mol. The second kappa shape index (κ2) is 11.0. The van der Waals surface area contributed by atoms with Gasteiger partial charge in [-0.15, -0.1) is 0 Å². The summed E-state index contributed by atoms with van der Waals surface area (Å²) in [4.78, 5) is 18.0. The van der Waals surface area contributed by atoms with Gasteiger partial charge >= 0.3 is 0 Å². The molecule has 0 aliphatic heterocycles. The molecule has 0 aliphatic rings. The molecule has 1 amide bonds. The standard InChI is InChI=1S/C16H25BrN4O2/c1-18-16(20-10-11-23-3)19-9-8-15(22)21(2)12-13-6-4-5-7-14(13)17/h4-7H,8-12H2,1-3H3,(H2,18,19,20). The summed E-state index contributed by atoms with van der Waals surface area (Å²) in [6.45, 7) is 2.40. The van der Waals surface area contributed by atoms with E-state index in [1.807, 2.05) is 31.3 Å². The van der Waals surface area contributed by atoms with Crippen LogP contribution in [0, 0.1) is 0 Å². The lowest BCUT2D eigenvalue weighted by atomic mass is 10.2. The molecule has 23 heavy (non-hydrogen) atoms. The van der Waals surface area contributed by atoms with Crippen molar-refractivity contribution < 1.29 is 9.53 Å². The van der Waals surface area contributed by atoms with Crippen molar-refractivity contribution in [2.75, 3.05) is 40.9 Å². The van der Waals surface area contributed by atoms with Gasteiger partial charge in [0.15, 0.2) is 5.96 Å². The van der Waals surface area contributed by atoms with Gasteiger partial charge < -0.3 is 20.3 Å². The van der Waals surface area contributed by atoms with Gasteiger partial charge in [0, 0.05) is 51.7 Å². The number of carbonyl (C=O) groups is 1. The largest absolute Gasteiger partial charge is 0.383 e. The molecule has 0 heterocycles. The molecular weight excluding hydrogens is 360 g/mol. The Bertz CT molecular complexity index is 523. The van der Waals surface area contributed by atoms with Crippen molar-refractivity contribution in [2.24, 2.45) is 4.99 Å². The lowest BCUT2D eigenvalue weighted by Crippen LogP contribution is -2.40. The minimum Gasteiger partial charge on any atom is -0.383 e. The first-order valence-corrected chi connectivity index (χ1v) is 8.28. The Balaban J connectivity index is 2.34. The van der Waals surface area contributed by atoms with Crippen LogP contribution in [0.4, 0.5) is 0 Å². The van der Waals surface area contributed by atoms with Gasteiger partial charge in [-0.05, 0) is 11.6 Å². The zero-order valence-corrected chi connectivity index (χ0v) is 15.5. The van der Waals surface area contributed by atoms with Crippen LogP contribution in [0.2, 0.25) is 0 Å². The quantitative estimate of drug-likeness (QED) is 0.406. The number of benzene rings is 1. The van der Waals surface area contributed by atoms with Crippen molar-refractivity contribution in [1.82, 2.24) is 15.5 Å². The van der Waals surface area contributed by atoms with E-state index >= 15 is 0 Å². The van der Waals surface area contributed by atoms with Gasteiger partial charge in [0.05, 0.1) is 6.61 Å². The second-order valence-electron chi connectivity index (χ2n) is 5.01. The number of ether oxygens (including phenoxy) is 1. The molecule has 0 radical (unpaired) electrons. The zero-order chi connectivity index (χ0) is 17.1. The molecule has 6 nitrogen and oxygen atoms in total. The first kappa shape index (κ1) is 19.4. The smallest absolute Gasteiger partial charge is 0.224 e. The van der Waals surface area contributed by atoms with Crippen molar-refractivity contribution in [2.45, 2.75) is 13.0 Å². The summed E-state index contributed by atoms with van der Waals surface area (Å²) < 4.78 is 5.98. The van der Waals surface area contributed by atoms with Gasteiger partial charge in [0.25, 0.3) is 0 Å². The molecule has 0 fully saturated rings. The number of methoxy groups -OCH3 is 1. The first-order valence-electron chi connectivity index (χ1n) is 7.49. The molecule has 2 N–H and O–H groups in total. The fourth-order valence-electron chi connectivity index (χ4n) is 1.94. The molecular formula is C16H25BrN4O2. The topological polar surface area (TPSA) is 66.0 Å². The maximum absolute atomic E-state index is 12.2. The Morgan fingerprint density at radius 2 is 2.00 bits per heavy atom. The molecule has 1 aromatic carbocycles. The van der Waals surface area contributed by atoms with Crippen molar-refractivity contribution in [3.63, 3.8) is 0 Å². The van der Waals surface area contributed by atoms with Crippen LogP contribution in [-0.2, 0) is 16.1 Å². The molecule has 128 valence electrons. The number of guanidine groups is 1. The van der Waals surface area contributed by atoms with Gasteiger partial charge in [-0.3, -0.25) is 9.79 Å². The number of hydrogen-bond acceptors (Lipinski definition) is 3. The van der Waals surface area contributed by atoms with Crippen LogP contribution in [0.3, 0.4) is 0 Å².